The third-order valence-electron chi connectivity index (χ3n) is 4.68. The van der Waals surface area contributed by atoms with Crippen LogP contribution in [0.1, 0.15) is 28.7 Å². The van der Waals surface area contributed by atoms with Crippen LogP contribution < -0.4 is 15.8 Å². The molecule has 15 heteroatoms. The normalized spacial score (nSPS) is 13.0. The average molecular weight is 526 g/mol. The number of carbonyl (C=O) groups is 1. The van der Waals surface area contributed by atoms with E-state index in [-0.39, 0.29) is 22.2 Å². The molecule has 0 bridgehead atoms. The summed E-state index contributed by atoms with van der Waals surface area (Å²) in [6.45, 7) is 1.80. The number of pyridine rings is 1. The minimum Gasteiger partial charge on any atom is -0.480 e. The third kappa shape index (κ3) is 5.58. The highest BCUT2D eigenvalue weighted by molar-refractivity contribution is 6.32. The molecule has 0 spiro atoms. The lowest BCUT2D eigenvalue weighted by atomic mass is 10.0. The predicted octanol–water partition coefficient (Wildman–Crippen LogP) is 5.76. The van der Waals surface area contributed by atoms with Gasteiger partial charge in [-0.25, -0.2) is 9.37 Å². The van der Waals surface area contributed by atoms with Crippen LogP contribution in [0.5, 0.6) is 5.75 Å². The number of anilines is 2. The zero-order valence-electron chi connectivity index (χ0n) is 17.7. The van der Waals surface area contributed by atoms with Crippen LogP contribution in [0, 0.1) is 12.7 Å². The number of aromatic amines is 1. The van der Waals surface area contributed by atoms with Gasteiger partial charge in [-0.1, -0.05) is 11.6 Å². The number of halogens is 8. The number of amides is 1. The number of hydrogen-bond donors (Lipinski definition) is 3. The number of H-pyrrole nitrogens is 1. The lowest BCUT2D eigenvalue weighted by molar-refractivity contribution is -0.189. The maximum absolute atomic E-state index is 14.9. The molecule has 1 aromatic carbocycles. The van der Waals surface area contributed by atoms with Crippen LogP contribution in [0.2, 0.25) is 5.02 Å². The van der Waals surface area contributed by atoms with Crippen molar-refractivity contribution in [2.24, 2.45) is 0 Å². The summed E-state index contributed by atoms with van der Waals surface area (Å²) in [4.78, 5) is 16.6. The van der Waals surface area contributed by atoms with Gasteiger partial charge in [-0.2, -0.15) is 31.4 Å². The Kier molecular flexibility index (Phi) is 6.88. The molecule has 188 valence electrons. The van der Waals surface area contributed by atoms with Crippen molar-refractivity contribution in [3.8, 4) is 17.0 Å². The molecule has 3 aromatic rings. The van der Waals surface area contributed by atoms with Crippen molar-refractivity contribution in [3.63, 3.8) is 0 Å². The Morgan fingerprint density at radius 2 is 1.86 bits per heavy atom. The van der Waals surface area contributed by atoms with Crippen LogP contribution in [0.3, 0.4) is 0 Å². The van der Waals surface area contributed by atoms with E-state index in [1.54, 1.807) is 0 Å². The Balaban J connectivity index is 2.11. The van der Waals surface area contributed by atoms with Crippen LogP contribution in [0.15, 0.2) is 24.3 Å². The Hall–Kier alpha value is -3.55. The summed E-state index contributed by atoms with van der Waals surface area (Å²) in [7, 11) is 0. The molecular formula is C20H15ClF7N5O2. The van der Waals surface area contributed by atoms with Gasteiger partial charge >= 0.3 is 12.4 Å². The summed E-state index contributed by atoms with van der Waals surface area (Å²) < 4.78 is 98.8. The minimum absolute atomic E-state index is 0.0308. The molecular weight excluding hydrogens is 511 g/mol. The largest absolute Gasteiger partial charge is 0.480 e. The zero-order valence-corrected chi connectivity index (χ0v) is 18.5. The van der Waals surface area contributed by atoms with E-state index < -0.39 is 58.4 Å². The first-order chi connectivity index (χ1) is 16.1. The second kappa shape index (κ2) is 9.24. The van der Waals surface area contributed by atoms with Gasteiger partial charge in [0.2, 0.25) is 0 Å². The minimum atomic E-state index is -4.97. The Morgan fingerprint density at radius 3 is 2.43 bits per heavy atom. The van der Waals surface area contributed by atoms with Crippen LogP contribution in [0.4, 0.5) is 42.2 Å². The molecule has 0 saturated carbocycles. The van der Waals surface area contributed by atoms with Gasteiger partial charge in [0, 0.05) is 5.56 Å². The fraction of sp³-hybridized carbons (Fsp3) is 0.250. The topological polar surface area (TPSA) is 106 Å². The van der Waals surface area contributed by atoms with Gasteiger partial charge in [0.25, 0.3) is 5.91 Å². The van der Waals surface area contributed by atoms with Crippen molar-refractivity contribution in [1.82, 2.24) is 15.2 Å². The fourth-order valence-electron chi connectivity index (χ4n) is 2.86. The number of ether oxygens (including phenoxy) is 1. The second-order valence-electron chi connectivity index (χ2n) is 7.22. The van der Waals surface area contributed by atoms with E-state index in [0.29, 0.717) is 13.0 Å². The van der Waals surface area contributed by atoms with E-state index >= 15 is 0 Å². The van der Waals surface area contributed by atoms with Crippen LogP contribution >= 0.6 is 11.6 Å². The Bertz CT molecular complexity index is 1270. The molecule has 0 aliphatic heterocycles. The predicted molar refractivity (Wildman–Crippen MR) is 111 cm³/mol. The summed E-state index contributed by atoms with van der Waals surface area (Å²) in [6.07, 6.45) is -12.3. The fourth-order valence-corrected chi connectivity index (χ4v) is 2.96. The molecule has 3 rings (SSSR count). The van der Waals surface area contributed by atoms with Gasteiger partial charge in [-0.3, -0.25) is 9.89 Å². The van der Waals surface area contributed by atoms with Crippen LogP contribution in [-0.2, 0) is 6.18 Å². The first-order valence-corrected chi connectivity index (χ1v) is 9.90. The first-order valence-electron chi connectivity index (χ1n) is 9.52. The van der Waals surface area contributed by atoms with E-state index in [0.717, 1.165) is 6.07 Å². The highest BCUT2D eigenvalue weighted by Crippen LogP contribution is 2.37. The highest BCUT2D eigenvalue weighted by Gasteiger charge is 2.40. The molecule has 0 aliphatic carbocycles. The maximum atomic E-state index is 14.9. The summed E-state index contributed by atoms with van der Waals surface area (Å²) in [5.41, 5.74) is 1.78. The van der Waals surface area contributed by atoms with E-state index in [9.17, 15) is 35.5 Å². The van der Waals surface area contributed by atoms with Crippen LogP contribution in [0.25, 0.3) is 11.3 Å². The summed E-state index contributed by atoms with van der Waals surface area (Å²) >= 11 is 5.78. The number of nitrogens with zero attached hydrogens (tertiary/aromatic N) is 2. The van der Waals surface area contributed by atoms with E-state index in [1.165, 1.54) is 19.1 Å². The SMILES string of the molecule is Cc1[nH]nc(C(F)(F)F)c1NC(=O)c1cc(F)c(-c2ccc(Cl)c(N)n2)cc1OC(C)C(F)(F)F. The standard InChI is InChI=1S/C20H15ClF7N5O2/c1-7-15(16(33-32-7)20(26,27)28)31-18(34)10-5-12(22)9(13-4-3-11(21)17(29)30-13)6-14(10)35-8(2)19(23,24)25/h3-6,8H,1-2H3,(H2,29,30)(H,31,34)(H,32,33). The summed E-state index contributed by atoms with van der Waals surface area (Å²) in [6, 6.07) is 3.75. The molecule has 1 atom stereocenters. The molecule has 0 aliphatic rings. The number of carbonyl (C=O) groups excluding carboxylic acids is 1. The average Bonchev–Trinajstić information content (AvgIpc) is 3.11. The molecule has 2 aromatic heterocycles. The van der Waals surface area contributed by atoms with Gasteiger partial charge < -0.3 is 15.8 Å². The molecule has 0 saturated heterocycles. The number of aromatic nitrogens is 3. The molecule has 35 heavy (non-hydrogen) atoms. The van der Waals surface area contributed by atoms with E-state index in [4.69, 9.17) is 22.1 Å². The van der Waals surface area contributed by atoms with Crippen molar-refractivity contribution in [2.45, 2.75) is 32.3 Å². The van der Waals surface area contributed by atoms with Gasteiger partial charge in [0.15, 0.2) is 11.8 Å². The molecule has 4 N–H and O–H groups in total. The van der Waals surface area contributed by atoms with Crippen molar-refractivity contribution in [2.75, 3.05) is 11.1 Å². The number of rotatable bonds is 5. The summed E-state index contributed by atoms with van der Waals surface area (Å²) in [5, 5.41) is 7.06. The van der Waals surface area contributed by atoms with E-state index in [1.807, 2.05) is 10.4 Å². The number of hydrogen-bond acceptors (Lipinski definition) is 5. The monoisotopic (exact) mass is 525 g/mol. The highest BCUT2D eigenvalue weighted by atomic mass is 35.5. The quantitative estimate of drug-likeness (QED) is 0.368. The maximum Gasteiger partial charge on any atom is 0.437 e. The number of benzene rings is 1. The molecule has 2 heterocycles. The van der Waals surface area contributed by atoms with Gasteiger partial charge in [-0.15, -0.1) is 0 Å². The smallest absolute Gasteiger partial charge is 0.437 e. The Morgan fingerprint density at radius 1 is 1.20 bits per heavy atom. The second-order valence-corrected chi connectivity index (χ2v) is 7.62. The number of nitrogen functional groups attached to an aromatic ring is 1. The molecule has 1 amide bonds. The van der Waals surface area contributed by atoms with E-state index in [2.05, 4.69) is 10.1 Å². The van der Waals surface area contributed by atoms with Crippen molar-refractivity contribution in [1.29, 1.82) is 0 Å². The molecule has 7 nitrogen and oxygen atoms in total. The number of nitrogens with two attached hydrogens (primary N) is 1. The number of alkyl halides is 6. The van der Waals surface area contributed by atoms with Crippen molar-refractivity contribution < 1.29 is 40.3 Å². The molecule has 0 radical (unpaired) electrons. The molecule has 1 unspecified atom stereocenters. The van der Waals surface area contributed by atoms with Gasteiger partial charge in [-0.05, 0) is 38.1 Å². The number of nitrogens with one attached hydrogen (secondary N) is 2. The van der Waals surface area contributed by atoms with Gasteiger partial charge in [0.1, 0.15) is 17.4 Å². The lowest BCUT2D eigenvalue weighted by Gasteiger charge is -2.21. The van der Waals surface area contributed by atoms with Gasteiger partial charge in [0.05, 0.1) is 27.7 Å². The zero-order chi connectivity index (χ0) is 26.3. The lowest BCUT2D eigenvalue weighted by Crippen LogP contribution is -2.32. The molecule has 0 fully saturated rings. The third-order valence-corrected chi connectivity index (χ3v) is 5.00. The Labute approximate surface area is 197 Å². The van der Waals surface area contributed by atoms with Crippen LogP contribution in [-0.4, -0.2) is 33.4 Å². The van der Waals surface area contributed by atoms with Crippen molar-refractivity contribution >= 4 is 29.0 Å². The summed E-state index contributed by atoms with van der Waals surface area (Å²) in [5.74, 6) is -3.49. The van der Waals surface area contributed by atoms with Crippen molar-refractivity contribution in [3.05, 3.63) is 52.1 Å². The first kappa shape index (κ1) is 26.1. The number of aryl methyl sites for hydroxylation is 1.